The molecule has 13 heavy (non-hydrogen) atoms. The lowest BCUT2D eigenvalue weighted by molar-refractivity contribution is -0.226. The summed E-state index contributed by atoms with van der Waals surface area (Å²) in [5, 5.41) is 0. The third kappa shape index (κ3) is 4.47. The molecule has 5 heteroatoms. The van der Waals surface area contributed by atoms with E-state index in [1.807, 2.05) is 0 Å². The smallest absolute Gasteiger partial charge is 0.367 e. The van der Waals surface area contributed by atoms with Gasteiger partial charge in [-0.3, -0.25) is 0 Å². The fourth-order valence-corrected chi connectivity index (χ4v) is 0.920. The second-order valence-electron chi connectivity index (χ2n) is 2.91. The molecule has 2 unspecified atom stereocenters. The van der Waals surface area contributed by atoms with Gasteiger partial charge in [0.05, 0.1) is 0 Å². The van der Waals surface area contributed by atoms with Crippen molar-refractivity contribution >= 4 is 0 Å². The summed E-state index contributed by atoms with van der Waals surface area (Å²) >= 11 is 0. The Bertz CT molecular complexity index is 138. The van der Waals surface area contributed by atoms with Crippen LogP contribution >= 0.6 is 0 Å². The van der Waals surface area contributed by atoms with Gasteiger partial charge in [0.1, 0.15) is 0 Å². The van der Waals surface area contributed by atoms with Crippen LogP contribution in [-0.4, -0.2) is 24.9 Å². The van der Waals surface area contributed by atoms with Crippen LogP contribution in [0.5, 0.6) is 0 Å². The Hall–Kier alpha value is -0.290. The number of ether oxygens (including phenoxy) is 1. The molecule has 0 heterocycles. The molecule has 0 aliphatic heterocycles. The Labute approximate surface area is 76.2 Å². The molecule has 2 nitrogen and oxygen atoms in total. The van der Waals surface area contributed by atoms with Crippen LogP contribution in [0.4, 0.5) is 13.2 Å². The Morgan fingerprint density at radius 2 is 1.85 bits per heavy atom. The van der Waals surface area contributed by atoms with E-state index in [-0.39, 0.29) is 13.0 Å². The van der Waals surface area contributed by atoms with Gasteiger partial charge in [-0.2, -0.15) is 13.2 Å². The molecule has 0 aliphatic rings. The summed E-state index contributed by atoms with van der Waals surface area (Å²) in [6.45, 7) is 3.46. The van der Waals surface area contributed by atoms with Crippen molar-refractivity contribution in [3.63, 3.8) is 0 Å². The minimum absolute atomic E-state index is 0.0951. The summed E-state index contributed by atoms with van der Waals surface area (Å²) in [5.41, 5.74) is 5.30. The van der Waals surface area contributed by atoms with Gasteiger partial charge in [0.2, 0.25) is 0 Å². The van der Waals surface area contributed by atoms with Gasteiger partial charge in [0, 0.05) is 12.6 Å². The fourth-order valence-electron chi connectivity index (χ4n) is 0.920. The molecule has 0 aliphatic carbocycles. The van der Waals surface area contributed by atoms with E-state index in [0.717, 1.165) is 0 Å². The fraction of sp³-hybridized carbons (Fsp3) is 1.00. The van der Waals surface area contributed by atoms with Crippen molar-refractivity contribution in [1.82, 2.24) is 0 Å². The van der Waals surface area contributed by atoms with Crippen LogP contribution in [0.25, 0.3) is 0 Å². The SMILES string of the molecule is CCCOC(C(N)CC)C(F)(F)F. The summed E-state index contributed by atoms with van der Waals surface area (Å²) in [6.07, 6.45) is -5.36. The largest absolute Gasteiger partial charge is 0.416 e. The monoisotopic (exact) mass is 199 g/mol. The molecule has 0 aromatic carbocycles. The molecule has 2 N–H and O–H groups in total. The molecule has 0 aromatic heterocycles. The van der Waals surface area contributed by atoms with Crippen molar-refractivity contribution in [3.05, 3.63) is 0 Å². The Kier molecular flexibility index (Phi) is 5.32. The average molecular weight is 199 g/mol. The Morgan fingerprint density at radius 1 is 1.31 bits per heavy atom. The molecule has 0 saturated heterocycles. The first-order valence-electron chi connectivity index (χ1n) is 4.37. The van der Waals surface area contributed by atoms with Gasteiger partial charge >= 0.3 is 6.18 Å². The van der Waals surface area contributed by atoms with Crippen molar-refractivity contribution in [2.75, 3.05) is 6.61 Å². The van der Waals surface area contributed by atoms with Crippen LogP contribution < -0.4 is 5.73 Å². The maximum Gasteiger partial charge on any atom is 0.416 e. The van der Waals surface area contributed by atoms with E-state index in [2.05, 4.69) is 4.74 Å². The van der Waals surface area contributed by atoms with Crippen molar-refractivity contribution < 1.29 is 17.9 Å². The van der Waals surface area contributed by atoms with Crippen LogP contribution in [0.1, 0.15) is 26.7 Å². The van der Waals surface area contributed by atoms with E-state index in [1.165, 1.54) is 0 Å². The molecule has 0 bridgehead atoms. The Morgan fingerprint density at radius 3 is 2.15 bits per heavy atom. The second kappa shape index (κ2) is 5.44. The highest BCUT2D eigenvalue weighted by Crippen LogP contribution is 2.25. The first-order chi connectivity index (χ1) is 5.93. The zero-order valence-electron chi connectivity index (χ0n) is 7.90. The molecule has 0 amide bonds. The number of hydrogen-bond acceptors (Lipinski definition) is 2. The summed E-state index contributed by atoms with van der Waals surface area (Å²) in [6, 6.07) is -0.966. The zero-order valence-corrected chi connectivity index (χ0v) is 7.90. The molecule has 2 atom stereocenters. The summed E-state index contributed by atoms with van der Waals surface area (Å²) in [5.74, 6) is 0. The van der Waals surface area contributed by atoms with E-state index in [0.29, 0.717) is 6.42 Å². The van der Waals surface area contributed by atoms with Crippen LogP contribution in [0.2, 0.25) is 0 Å². The minimum Gasteiger partial charge on any atom is -0.367 e. The maximum absolute atomic E-state index is 12.3. The molecule has 0 fully saturated rings. The number of hydrogen-bond donors (Lipinski definition) is 1. The van der Waals surface area contributed by atoms with Crippen molar-refractivity contribution in [3.8, 4) is 0 Å². The lowest BCUT2D eigenvalue weighted by Gasteiger charge is -2.25. The molecular formula is C8H16F3NO. The molecule has 0 rings (SSSR count). The van der Waals surface area contributed by atoms with Crippen molar-refractivity contribution in [1.29, 1.82) is 0 Å². The summed E-state index contributed by atoms with van der Waals surface area (Å²) in [7, 11) is 0. The predicted molar refractivity (Wildman–Crippen MR) is 44.4 cm³/mol. The summed E-state index contributed by atoms with van der Waals surface area (Å²) in [4.78, 5) is 0. The molecule has 0 radical (unpaired) electrons. The molecule has 0 spiro atoms. The highest BCUT2D eigenvalue weighted by molar-refractivity contribution is 4.78. The zero-order chi connectivity index (χ0) is 10.5. The van der Waals surface area contributed by atoms with Gasteiger partial charge in [-0.1, -0.05) is 13.8 Å². The highest BCUT2D eigenvalue weighted by Gasteiger charge is 2.43. The van der Waals surface area contributed by atoms with Crippen molar-refractivity contribution in [2.24, 2.45) is 5.73 Å². The third-order valence-electron chi connectivity index (χ3n) is 1.68. The average Bonchev–Trinajstić information content (AvgIpc) is 2.02. The topological polar surface area (TPSA) is 35.2 Å². The van der Waals surface area contributed by atoms with E-state index >= 15 is 0 Å². The van der Waals surface area contributed by atoms with Crippen LogP contribution in [0.3, 0.4) is 0 Å². The van der Waals surface area contributed by atoms with E-state index in [4.69, 9.17) is 5.73 Å². The third-order valence-corrected chi connectivity index (χ3v) is 1.68. The van der Waals surface area contributed by atoms with Gasteiger partial charge in [-0.05, 0) is 12.8 Å². The second-order valence-corrected chi connectivity index (χ2v) is 2.91. The van der Waals surface area contributed by atoms with Crippen molar-refractivity contribution in [2.45, 2.75) is 45.0 Å². The highest BCUT2D eigenvalue weighted by atomic mass is 19.4. The standard InChI is InChI=1S/C8H16F3NO/c1-3-5-13-7(6(12)4-2)8(9,10)11/h6-7H,3-5,12H2,1-2H3. The Balaban J connectivity index is 4.19. The van der Waals surface area contributed by atoms with Gasteiger partial charge < -0.3 is 10.5 Å². The molecule has 0 saturated carbocycles. The number of alkyl halides is 3. The predicted octanol–water partition coefficient (Wildman–Crippen LogP) is 2.08. The first-order valence-corrected chi connectivity index (χ1v) is 4.37. The molecular weight excluding hydrogens is 183 g/mol. The van der Waals surface area contributed by atoms with Crippen LogP contribution in [0, 0.1) is 0 Å². The normalized spacial score (nSPS) is 17.1. The van der Waals surface area contributed by atoms with Gasteiger partial charge in [-0.25, -0.2) is 0 Å². The molecule has 0 aromatic rings. The maximum atomic E-state index is 12.3. The lowest BCUT2D eigenvalue weighted by Crippen LogP contribution is -2.46. The first kappa shape index (κ1) is 12.7. The number of rotatable bonds is 5. The lowest BCUT2D eigenvalue weighted by atomic mass is 10.1. The van der Waals surface area contributed by atoms with Crippen LogP contribution in [-0.2, 0) is 4.74 Å². The van der Waals surface area contributed by atoms with Gasteiger partial charge in [0.25, 0.3) is 0 Å². The van der Waals surface area contributed by atoms with E-state index < -0.39 is 18.3 Å². The van der Waals surface area contributed by atoms with Gasteiger partial charge in [0.15, 0.2) is 6.10 Å². The molecule has 80 valence electrons. The number of nitrogens with two attached hydrogens (primary N) is 1. The van der Waals surface area contributed by atoms with Crippen LogP contribution in [0.15, 0.2) is 0 Å². The summed E-state index contributed by atoms with van der Waals surface area (Å²) < 4.78 is 41.5. The quantitative estimate of drug-likeness (QED) is 0.735. The van der Waals surface area contributed by atoms with E-state index in [9.17, 15) is 13.2 Å². The van der Waals surface area contributed by atoms with Gasteiger partial charge in [-0.15, -0.1) is 0 Å². The minimum atomic E-state index is -4.36. The number of halogens is 3. The van der Waals surface area contributed by atoms with E-state index in [1.54, 1.807) is 13.8 Å².